The molecule has 0 fully saturated rings. The van der Waals surface area contributed by atoms with Crippen LogP contribution in [0.4, 0.5) is 4.79 Å². The molecule has 0 radical (unpaired) electrons. The Morgan fingerprint density at radius 3 is 2.22 bits per heavy atom. The van der Waals surface area contributed by atoms with Gasteiger partial charge < -0.3 is 19.1 Å². The minimum atomic E-state index is -3.69. The molecule has 1 rings (SSSR count). The number of alkyl carbamates (subject to hydrolysis) is 1. The summed E-state index contributed by atoms with van der Waals surface area (Å²) >= 11 is 16.7. The van der Waals surface area contributed by atoms with Crippen LogP contribution in [0, 0.1) is 0 Å². The van der Waals surface area contributed by atoms with Gasteiger partial charge in [0.25, 0.3) is 0 Å². The lowest BCUT2D eigenvalue weighted by Gasteiger charge is -2.27. The highest BCUT2D eigenvalue weighted by atomic mass is 35.6. The Kier molecular flexibility index (Phi) is 10.2. The Morgan fingerprint density at radius 2 is 1.74 bits per heavy atom. The fourth-order valence-corrected chi connectivity index (χ4v) is 4.19. The number of rotatable bonds is 10. The number of carbonyl (C=O) groups is 1. The molecule has 27 heavy (non-hydrogen) atoms. The molecule has 1 N–H and O–H groups in total. The molecule has 0 saturated heterocycles. The number of alkyl halides is 3. The second kappa shape index (κ2) is 11.3. The molecule has 1 atom stereocenters. The van der Waals surface area contributed by atoms with Crippen LogP contribution in [0.25, 0.3) is 5.57 Å². The largest absolute Gasteiger partial charge is 0.445 e. The number of benzene rings is 1. The molecule has 152 valence electrons. The normalized spacial score (nSPS) is 13.1. The summed E-state index contributed by atoms with van der Waals surface area (Å²) in [5, 5.41) is 2.49. The molecule has 10 heteroatoms. The zero-order chi connectivity index (χ0) is 20.5. The Morgan fingerprint density at radius 1 is 1.19 bits per heavy atom. The number of carbonyl (C=O) groups excluding carboxylic acids is 1. The van der Waals surface area contributed by atoms with E-state index in [1.165, 1.54) is 0 Å². The van der Waals surface area contributed by atoms with Crippen molar-refractivity contribution < 1.29 is 23.1 Å². The van der Waals surface area contributed by atoms with Crippen molar-refractivity contribution in [1.82, 2.24) is 5.32 Å². The zero-order valence-corrected chi connectivity index (χ0v) is 18.3. The van der Waals surface area contributed by atoms with E-state index in [1.54, 1.807) is 13.8 Å². The molecular formula is C17H23Cl3NO5P. The molecule has 0 aliphatic rings. The van der Waals surface area contributed by atoms with Gasteiger partial charge in [0.15, 0.2) is 0 Å². The number of ether oxygens (including phenoxy) is 1. The van der Waals surface area contributed by atoms with Gasteiger partial charge in [-0.3, -0.25) is 4.57 Å². The van der Waals surface area contributed by atoms with Gasteiger partial charge >= 0.3 is 13.7 Å². The minimum Gasteiger partial charge on any atom is -0.445 e. The highest BCUT2D eigenvalue weighted by Gasteiger charge is 2.38. The molecule has 0 bridgehead atoms. The van der Waals surface area contributed by atoms with Gasteiger partial charge in [0.05, 0.1) is 13.2 Å². The maximum atomic E-state index is 13.2. The Balaban J connectivity index is 2.99. The van der Waals surface area contributed by atoms with Crippen molar-refractivity contribution in [3.05, 3.63) is 42.5 Å². The Hall–Kier alpha value is -0.750. The van der Waals surface area contributed by atoms with Crippen molar-refractivity contribution in [3.8, 4) is 0 Å². The Bertz CT molecular complexity index is 656. The highest BCUT2D eigenvalue weighted by Crippen LogP contribution is 2.54. The SMILES string of the molecule is C=C(C[C@H](NC(=O)OCC(Cl)(Cl)Cl)P(=O)(OCC)OCC)c1ccccc1. The van der Waals surface area contributed by atoms with Gasteiger partial charge in [0, 0.05) is 6.42 Å². The number of nitrogens with one attached hydrogen (secondary N) is 1. The second-order valence-electron chi connectivity index (χ2n) is 5.40. The van der Waals surface area contributed by atoms with Crippen molar-refractivity contribution in [2.24, 2.45) is 0 Å². The molecule has 0 aromatic heterocycles. The van der Waals surface area contributed by atoms with Crippen LogP contribution in [-0.2, 0) is 18.3 Å². The minimum absolute atomic E-state index is 0.115. The van der Waals surface area contributed by atoms with Gasteiger partial charge in [-0.25, -0.2) is 4.79 Å². The smallest absolute Gasteiger partial charge is 0.408 e. The number of hydrogen-bond acceptors (Lipinski definition) is 5. The summed E-state index contributed by atoms with van der Waals surface area (Å²) in [5.74, 6) is -1.02. The van der Waals surface area contributed by atoms with Crippen molar-refractivity contribution >= 4 is 54.1 Å². The van der Waals surface area contributed by atoms with Crippen LogP contribution in [0.3, 0.4) is 0 Å². The van der Waals surface area contributed by atoms with Crippen molar-refractivity contribution in [2.45, 2.75) is 29.8 Å². The van der Waals surface area contributed by atoms with Crippen LogP contribution >= 0.6 is 42.4 Å². The third-order valence-corrected chi connectivity index (χ3v) is 5.91. The van der Waals surface area contributed by atoms with Crippen LogP contribution in [0.15, 0.2) is 36.9 Å². The summed E-state index contributed by atoms with van der Waals surface area (Å²) in [6.07, 6.45) is -0.795. The standard InChI is InChI=1S/C17H23Cl3NO5P/c1-4-25-27(23,26-5-2)15(21-16(22)24-12-17(18,19)20)11-13(3)14-9-7-6-8-10-14/h6-10,15H,3-5,11-12H2,1-2H3,(H,21,22)/t15-/m1/s1. The fraction of sp³-hybridized carbons (Fsp3) is 0.471. The first kappa shape index (κ1) is 24.3. The molecule has 0 unspecified atom stereocenters. The summed E-state index contributed by atoms with van der Waals surface area (Å²) in [7, 11) is -3.69. The lowest BCUT2D eigenvalue weighted by atomic mass is 10.0. The number of halogens is 3. The number of hydrogen-bond donors (Lipinski definition) is 1. The quantitative estimate of drug-likeness (QED) is 0.355. The molecule has 1 aromatic carbocycles. The summed E-state index contributed by atoms with van der Waals surface area (Å²) in [6.45, 7) is 7.16. The van der Waals surface area contributed by atoms with Gasteiger partial charge in [-0.05, 0) is 25.0 Å². The molecule has 0 aliphatic heterocycles. The monoisotopic (exact) mass is 457 g/mol. The van der Waals surface area contributed by atoms with E-state index < -0.39 is 29.9 Å². The van der Waals surface area contributed by atoms with Crippen molar-refractivity contribution in [1.29, 1.82) is 0 Å². The van der Waals surface area contributed by atoms with E-state index in [2.05, 4.69) is 11.9 Å². The van der Waals surface area contributed by atoms with Crippen molar-refractivity contribution in [3.63, 3.8) is 0 Å². The Labute approximate surface area is 174 Å². The molecule has 0 aliphatic carbocycles. The maximum absolute atomic E-state index is 13.2. The average Bonchev–Trinajstić information content (AvgIpc) is 2.60. The molecule has 1 amide bonds. The lowest BCUT2D eigenvalue weighted by molar-refractivity contribution is 0.143. The molecule has 0 heterocycles. The van der Waals surface area contributed by atoms with E-state index in [-0.39, 0.29) is 19.6 Å². The van der Waals surface area contributed by atoms with Gasteiger partial charge in [-0.15, -0.1) is 0 Å². The third kappa shape index (κ3) is 8.86. The highest BCUT2D eigenvalue weighted by molar-refractivity contribution is 7.54. The van der Waals surface area contributed by atoms with Gasteiger partial charge in [-0.1, -0.05) is 71.7 Å². The van der Waals surface area contributed by atoms with Crippen molar-refractivity contribution in [2.75, 3.05) is 19.8 Å². The van der Waals surface area contributed by atoms with E-state index in [9.17, 15) is 9.36 Å². The first-order valence-corrected chi connectivity index (χ1v) is 11.0. The van der Waals surface area contributed by atoms with Gasteiger partial charge in [0.1, 0.15) is 12.4 Å². The maximum Gasteiger partial charge on any atom is 0.408 e. The predicted molar refractivity (Wildman–Crippen MR) is 110 cm³/mol. The molecule has 0 spiro atoms. The van der Waals surface area contributed by atoms with Gasteiger partial charge in [-0.2, -0.15) is 0 Å². The molecule has 6 nitrogen and oxygen atoms in total. The third-order valence-electron chi connectivity index (χ3n) is 3.27. The zero-order valence-electron chi connectivity index (χ0n) is 15.1. The van der Waals surface area contributed by atoms with Crippen LogP contribution in [0.2, 0.25) is 0 Å². The lowest BCUT2D eigenvalue weighted by Crippen LogP contribution is -2.37. The molecule has 1 aromatic rings. The second-order valence-corrected chi connectivity index (χ2v) is 10.1. The molecule has 0 saturated carbocycles. The predicted octanol–water partition coefficient (Wildman–Crippen LogP) is 5.78. The van der Waals surface area contributed by atoms with E-state index in [4.69, 9.17) is 48.6 Å². The van der Waals surface area contributed by atoms with E-state index in [0.717, 1.165) is 5.56 Å². The first-order valence-electron chi connectivity index (χ1n) is 8.23. The number of amides is 1. The van der Waals surface area contributed by atoms with E-state index >= 15 is 0 Å². The van der Waals surface area contributed by atoms with E-state index in [0.29, 0.717) is 5.57 Å². The average molecular weight is 459 g/mol. The summed E-state index contributed by atoms with van der Waals surface area (Å²) in [6, 6.07) is 9.28. The van der Waals surface area contributed by atoms with Gasteiger partial charge in [0.2, 0.25) is 3.79 Å². The first-order chi connectivity index (χ1) is 12.6. The topological polar surface area (TPSA) is 73.9 Å². The van der Waals surface area contributed by atoms with Crippen LogP contribution in [0.5, 0.6) is 0 Å². The molecular weight excluding hydrogens is 436 g/mol. The van der Waals surface area contributed by atoms with Crippen LogP contribution < -0.4 is 5.32 Å². The summed E-state index contributed by atoms with van der Waals surface area (Å²) in [5.41, 5.74) is 1.47. The van der Waals surface area contributed by atoms with Crippen LogP contribution in [0.1, 0.15) is 25.8 Å². The van der Waals surface area contributed by atoms with Crippen LogP contribution in [-0.4, -0.2) is 35.5 Å². The summed E-state index contributed by atoms with van der Waals surface area (Å²) in [4.78, 5) is 12.1. The van der Waals surface area contributed by atoms with E-state index in [1.807, 2.05) is 30.3 Å². The summed E-state index contributed by atoms with van der Waals surface area (Å²) < 4.78 is 27.0. The fourth-order valence-electron chi connectivity index (χ4n) is 2.17.